The number of aliphatic hydroxyl groups excluding tert-OH is 2. The Morgan fingerprint density at radius 2 is 2.25 bits per heavy atom. The minimum atomic E-state index is -2.17. The molecule has 11 heteroatoms. The third kappa shape index (κ3) is 2.61. The summed E-state index contributed by atoms with van der Waals surface area (Å²) < 4.78 is 20.5. The van der Waals surface area contributed by atoms with Gasteiger partial charge in [-0.25, -0.2) is 9.18 Å². The number of hydrogen-bond donors (Lipinski definition) is 2. The van der Waals surface area contributed by atoms with Gasteiger partial charge in [0, 0.05) is 24.2 Å². The zero-order valence-electron chi connectivity index (χ0n) is 12.7. The second kappa shape index (κ2) is 6.36. The van der Waals surface area contributed by atoms with Crippen molar-refractivity contribution in [2.75, 3.05) is 24.6 Å². The quantitative estimate of drug-likeness (QED) is 0.452. The summed E-state index contributed by atoms with van der Waals surface area (Å²) >= 11 is 0. The molecule has 2 aliphatic rings. The predicted molar refractivity (Wildman–Crippen MR) is 79.9 cm³/mol. The topological polar surface area (TPSA) is 137 Å². The molecule has 4 atom stereocenters. The lowest BCUT2D eigenvalue weighted by Gasteiger charge is -2.23. The minimum absolute atomic E-state index is 0.492. The van der Waals surface area contributed by atoms with Crippen LogP contribution < -0.4 is 10.6 Å². The van der Waals surface area contributed by atoms with Gasteiger partial charge in [-0.15, -0.1) is 0 Å². The van der Waals surface area contributed by atoms with Crippen LogP contribution in [-0.2, 0) is 4.74 Å². The largest absolute Gasteiger partial charge is 0.393 e. The van der Waals surface area contributed by atoms with Crippen molar-refractivity contribution >= 4 is 5.82 Å². The van der Waals surface area contributed by atoms with E-state index in [1.165, 1.54) is 6.20 Å². The number of aromatic nitrogens is 2. The molecule has 2 N–H and O–H groups in total. The number of ether oxygens (including phenoxy) is 1. The van der Waals surface area contributed by atoms with Crippen molar-refractivity contribution in [3.05, 3.63) is 33.2 Å². The molecular formula is C13H17FN6O4. The monoisotopic (exact) mass is 340 g/mol. The molecule has 2 aliphatic heterocycles. The van der Waals surface area contributed by atoms with E-state index in [1.54, 1.807) is 6.07 Å². The molecule has 1 aromatic heterocycles. The van der Waals surface area contributed by atoms with E-state index >= 15 is 0 Å². The van der Waals surface area contributed by atoms with Gasteiger partial charge in [-0.05, 0) is 24.4 Å². The molecule has 10 nitrogen and oxygen atoms in total. The Morgan fingerprint density at radius 1 is 1.54 bits per heavy atom. The SMILES string of the molecule is [N-]=[N+]=N[C@]1(CO)O[C@@H](n2ccc(N3CCCC3)nc2=O)[C@@H](F)[C@@H]1O. The van der Waals surface area contributed by atoms with E-state index in [-0.39, 0.29) is 0 Å². The first-order chi connectivity index (χ1) is 11.5. The molecule has 0 bridgehead atoms. The Kier molecular flexibility index (Phi) is 4.41. The molecule has 0 radical (unpaired) electrons. The Bertz CT molecular complexity index is 717. The highest BCUT2D eigenvalue weighted by Crippen LogP contribution is 2.39. The molecule has 24 heavy (non-hydrogen) atoms. The Hall–Kier alpha value is -2.20. The van der Waals surface area contributed by atoms with E-state index in [0.717, 1.165) is 30.5 Å². The van der Waals surface area contributed by atoms with Gasteiger partial charge >= 0.3 is 5.69 Å². The molecule has 0 spiro atoms. The second-order valence-electron chi connectivity index (χ2n) is 5.76. The van der Waals surface area contributed by atoms with Gasteiger partial charge in [0.25, 0.3) is 0 Å². The maximum atomic E-state index is 14.4. The lowest BCUT2D eigenvalue weighted by molar-refractivity contribution is -0.124. The molecule has 3 heterocycles. The third-order valence-electron chi connectivity index (χ3n) is 4.32. The predicted octanol–water partition coefficient (Wildman–Crippen LogP) is 0.0702. The normalized spacial score (nSPS) is 32.8. The van der Waals surface area contributed by atoms with Crippen molar-refractivity contribution in [1.82, 2.24) is 9.55 Å². The van der Waals surface area contributed by atoms with E-state index in [1.807, 2.05) is 4.90 Å². The third-order valence-corrected chi connectivity index (χ3v) is 4.32. The number of azide groups is 1. The lowest BCUT2D eigenvalue weighted by atomic mass is 10.1. The molecule has 130 valence electrons. The average Bonchev–Trinajstić information content (AvgIpc) is 3.19. The Labute approximate surface area is 135 Å². The molecule has 2 saturated heterocycles. The fraction of sp³-hybridized carbons (Fsp3) is 0.692. The molecule has 3 rings (SSSR count). The smallest absolute Gasteiger partial charge is 0.351 e. The molecule has 1 aromatic rings. The molecular weight excluding hydrogens is 323 g/mol. The highest BCUT2D eigenvalue weighted by Gasteiger charge is 2.56. The van der Waals surface area contributed by atoms with Crippen molar-refractivity contribution in [2.45, 2.75) is 37.1 Å². The number of anilines is 1. The van der Waals surface area contributed by atoms with Crippen LogP contribution in [0.4, 0.5) is 10.2 Å². The van der Waals surface area contributed by atoms with Gasteiger partial charge in [0.1, 0.15) is 11.9 Å². The van der Waals surface area contributed by atoms with Crippen LogP contribution in [0.3, 0.4) is 0 Å². The number of rotatable bonds is 4. The molecule has 0 aromatic carbocycles. The lowest BCUT2D eigenvalue weighted by Crippen LogP contribution is -2.43. The van der Waals surface area contributed by atoms with Crippen LogP contribution in [0.25, 0.3) is 10.4 Å². The van der Waals surface area contributed by atoms with Gasteiger partial charge in [0.05, 0.1) is 6.61 Å². The summed E-state index contributed by atoms with van der Waals surface area (Å²) in [7, 11) is 0. The second-order valence-corrected chi connectivity index (χ2v) is 5.76. The van der Waals surface area contributed by atoms with Crippen LogP contribution in [-0.4, -0.2) is 57.5 Å². The number of halogens is 1. The van der Waals surface area contributed by atoms with E-state index in [0.29, 0.717) is 5.82 Å². The zero-order valence-corrected chi connectivity index (χ0v) is 12.7. The standard InChI is InChI=1S/C13H17FN6O4/c14-9-10(22)13(7-21,17-18-15)24-11(9)20-6-3-8(16-12(20)23)19-4-1-2-5-19/h3,6,9-11,21-22H,1-2,4-5,7H2/t9-,10-,11+,13+/m0/s1. The zero-order chi connectivity index (χ0) is 17.3. The molecule has 0 saturated carbocycles. The Morgan fingerprint density at radius 3 is 2.83 bits per heavy atom. The number of aliphatic hydroxyl groups is 2. The van der Waals surface area contributed by atoms with Crippen LogP contribution in [0.1, 0.15) is 19.1 Å². The van der Waals surface area contributed by atoms with Crippen molar-refractivity contribution in [3.63, 3.8) is 0 Å². The van der Waals surface area contributed by atoms with Crippen molar-refractivity contribution in [1.29, 1.82) is 0 Å². The van der Waals surface area contributed by atoms with Gasteiger partial charge in [-0.1, -0.05) is 5.11 Å². The summed E-state index contributed by atoms with van der Waals surface area (Å²) in [4.78, 5) is 20.6. The van der Waals surface area contributed by atoms with Crippen molar-refractivity contribution in [3.8, 4) is 0 Å². The fourth-order valence-electron chi connectivity index (χ4n) is 3.00. The minimum Gasteiger partial charge on any atom is -0.393 e. The van der Waals surface area contributed by atoms with Gasteiger partial charge in [-0.2, -0.15) is 4.98 Å². The van der Waals surface area contributed by atoms with Gasteiger partial charge in [0.15, 0.2) is 12.4 Å². The van der Waals surface area contributed by atoms with E-state index in [9.17, 15) is 19.4 Å². The van der Waals surface area contributed by atoms with Crippen LogP contribution in [0.2, 0.25) is 0 Å². The first kappa shape index (κ1) is 16.7. The molecule has 0 amide bonds. The van der Waals surface area contributed by atoms with E-state index < -0.39 is 36.5 Å². The highest BCUT2D eigenvalue weighted by atomic mass is 19.1. The molecule has 0 unspecified atom stereocenters. The van der Waals surface area contributed by atoms with Crippen LogP contribution in [0.5, 0.6) is 0 Å². The van der Waals surface area contributed by atoms with E-state index in [4.69, 9.17) is 10.3 Å². The summed E-state index contributed by atoms with van der Waals surface area (Å²) in [6, 6.07) is 1.56. The van der Waals surface area contributed by atoms with Crippen molar-refractivity contribution < 1.29 is 19.3 Å². The maximum absolute atomic E-state index is 14.4. The summed E-state index contributed by atoms with van der Waals surface area (Å²) in [5.41, 5.74) is 5.61. The van der Waals surface area contributed by atoms with Crippen molar-refractivity contribution in [2.24, 2.45) is 5.11 Å². The summed E-state index contributed by atoms with van der Waals surface area (Å²) in [6.07, 6.45) is -2.18. The van der Waals surface area contributed by atoms with Gasteiger partial charge in [0.2, 0.25) is 5.72 Å². The summed E-state index contributed by atoms with van der Waals surface area (Å²) in [5.74, 6) is 0.492. The first-order valence-corrected chi connectivity index (χ1v) is 7.53. The number of nitrogens with zero attached hydrogens (tertiary/aromatic N) is 6. The van der Waals surface area contributed by atoms with Crippen LogP contribution >= 0.6 is 0 Å². The first-order valence-electron chi connectivity index (χ1n) is 7.53. The Balaban J connectivity index is 1.91. The average molecular weight is 340 g/mol. The number of alkyl halides is 1. The number of hydrogen-bond acceptors (Lipinski definition) is 7. The van der Waals surface area contributed by atoms with Crippen LogP contribution in [0, 0.1) is 0 Å². The maximum Gasteiger partial charge on any atom is 0.351 e. The molecule has 2 fully saturated rings. The van der Waals surface area contributed by atoms with E-state index in [2.05, 4.69) is 15.0 Å². The van der Waals surface area contributed by atoms with Gasteiger partial charge < -0.3 is 19.8 Å². The molecule has 0 aliphatic carbocycles. The summed E-state index contributed by atoms with van der Waals surface area (Å²) in [5, 5.41) is 22.4. The highest BCUT2D eigenvalue weighted by molar-refractivity contribution is 5.37. The fourth-order valence-corrected chi connectivity index (χ4v) is 3.00. The van der Waals surface area contributed by atoms with Gasteiger partial charge in [-0.3, -0.25) is 4.57 Å². The van der Waals surface area contributed by atoms with Crippen LogP contribution in [0.15, 0.2) is 22.2 Å². The summed E-state index contributed by atoms with van der Waals surface area (Å²) in [6.45, 7) is 0.667.